The summed E-state index contributed by atoms with van der Waals surface area (Å²) < 4.78 is 0. The summed E-state index contributed by atoms with van der Waals surface area (Å²) in [6.07, 6.45) is 7.73. The second-order valence-electron chi connectivity index (χ2n) is 4.14. The molecule has 0 bridgehead atoms. The van der Waals surface area contributed by atoms with Crippen LogP contribution in [0.1, 0.15) is 40.0 Å². The van der Waals surface area contributed by atoms with Crippen LogP contribution >= 0.6 is 0 Å². The van der Waals surface area contributed by atoms with Crippen LogP contribution in [0.2, 0.25) is 0 Å². The maximum atomic E-state index is 10.9. The van der Waals surface area contributed by atoms with Crippen LogP contribution in [0.3, 0.4) is 0 Å². The molecular formula is C14H23NO. The Morgan fingerprint density at radius 2 is 1.94 bits per heavy atom. The van der Waals surface area contributed by atoms with E-state index in [-0.39, 0.29) is 0 Å². The maximum Gasteiger partial charge on any atom is 0.165 e. The zero-order valence-corrected chi connectivity index (χ0v) is 10.7. The van der Waals surface area contributed by atoms with Crippen LogP contribution in [-0.4, -0.2) is 12.8 Å². The average Bonchev–Trinajstić information content (AvgIpc) is 2.23. The molecule has 0 saturated heterocycles. The zero-order valence-electron chi connectivity index (χ0n) is 10.7. The summed E-state index contributed by atoms with van der Waals surface area (Å²) >= 11 is 0. The van der Waals surface area contributed by atoms with E-state index in [4.69, 9.17) is 0 Å². The second-order valence-corrected chi connectivity index (χ2v) is 4.14. The van der Waals surface area contributed by atoms with Gasteiger partial charge in [-0.1, -0.05) is 17.7 Å². The molecule has 0 radical (unpaired) electrons. The molecule has 0 heterocycles. The summed E-state index contributed by atoms with van der Waals surface area (Å²) in [7, 11) is 0. The van der Waals surface area contributed by atoms with Gasteiger partial charge in [-0.25, -0.2) is 0 Å². The molecule has 0 spiro atoms. The number of hydrogen-bond donors (Lipinski definition) is 1. The summed E-state index contributed by atoms with van der Waals surface area (Å²) in [5, 5.41) is 3.13. The largest absolute Gasteiger partial charge is 0.382 e. The fraction of sp³-hybridized carbons (Fsp3) is 0.500. The minimum atomic E-state index is 0.726. The summed E-state index contributed by atoms with van der Waals surface area (Å²) in [4.78, 5) is 10.9. The van der Waals surface area contributed by atoms with Crippen LogP contribution < -0.4 is 5.32 Å². The van der Waals surface area contributed by atoms with Crippen LogP contribution in [0, 0.1) is 0 Å². The zero-order chi connectivity index (χ0) is 12.4. The molecule has 1 N–H and O–H groups in total. The van der Waals surface area contributed by atoms with Crippen LogP contribution in [0.15, 0.2) is 35.6 Å². The topological polar surface area (TPSA) is 29.1 Å². The monoisotopic (exact) mass is 221 g/mol. The van der Waals surface area contributed by atoms with Gasteiger partial charge in [-0.2, -0.15) is 0 Å². The van der Waals surface area contributed by atoms with E-state index in [1.165, 1.54) is 5.57 Å². The molecular weight excluding hydrogens is 198 g/mol. The SMILES string of the molecule is C=CCCNC(C=O)=C(C)CCC=C(C)C. The molecule has 0 aliphatic heterocycles. The lowest BCUT2D eigenvalue weighted by atomic mass is 10.1. The first-order valence-electron chi connectivity index (χ1n) is 5.74. The third kappa shape index (κ3) is 7.04. The van der Waals surface area contributed by atoms with Crippen LogP contribution in [-0.2, 0) is 4.79 Å². The van der Waals surface area contributed by atoms with Crippen molar-refractivity contribution in [2.45, 2.75) is 40.0 Å². The summed E-state index contributed by atoms with van der Waals surface area (Å²) in [5.41, 5.74) is 3.17. The van der Waals surface area contributed by atoms with E-state index < -0.39 is 0 Å². The van der Waals surface area contributed by atoms with Gasteiger partial charge in [0.2, 0.25) is 0 Å². The van der Waals surface area contributed by atoms with Gasteiger partial charge in [0.15, 0.2) is 6.29 Å². The molecule has 90 valence electrons. The predicted molar refractivity (Wildman–Crippen MR) is 70.2 cm³/mol. The van der Waals surface area contributed by atoms with Crippen molar-refractivity contribution in [3.8, 4) is 0 Å². The highest BCUT2D eigenvalue weighted by Gasteiger charge is 1.99. The van der Waals surface area contributed by atoms with Gasteiger partial charge in [0.1, 0.15) is 0 Å². The van der Waals surface area contributed by atoms with E-state index in [0.717, 1.165) is 43.4 Å². The molecule has 2 nitrogen and oxygen atoms in total. The lowest BCUT2D eigenvalue weighted by Gasteiger charge is -2.08. The van der Waals surface area contributed by atoms with Gasteiger partial charge >= 0.3 is 0 Å². The predicted octanol–water partition coefficient (Wildman–Crippen LogP) is 3.37. The first kappa shape index (κ1) is 14.7. The molecule has 0 unspecified atom stereocenters. The molecule has 0 aromatic carbocycles. The first-order chi connectivity index (χ1) is 7.61. The number of carbonyl (C=O) groups excluding carboxylic acids is 1. The Bertz CT molecular complexity index is 283. The van der Waals surface area contributed by atoms with Crippen molar-refractivity contribution in [1.29, 1.82) is 0 Å². The molecule has 0 rings (SSSR count). The van der Waals surface area contributed by atoms with Crippen molar-refractivity contribution in [2.75, 3.05) is 6.54 Å². The van der Waals surface area contributed by atoms with E-state index in [1.54, 1.807) is 0 Å². The van der Waals surface area contributed by atoms with Crippen LogP contribution in [0.5, 0.6) is 0 Å². The standard InChI is InChI=1S/C14H23NO/c1-5-6-10-15-14(11-16)13(4)9-7-8-12(2)3/h5,8,11,15H,1,6-7,9-10H2,2-4H3. The number of allylic oxidation sites excluding steroid dienone is 4. The van der Waals surface area contributed by atoms with Gasteiger partial charge in [0.05, 0.1) is 5.70 Å². The summed E-state index contributed by atoms with van der Waals surface area (Å²) in [5.74, 6) is 0. The fourth-order valence-corrected chi connectivity index (χ4v) is 1.31. The Morgan fingerprint density at radius 1 is 1.25 bits per heavy atom. The molecule has 0 aromatic heterocycles. The number of hydrogen-bond acceptors (Lipinski definition) is 2. The molecule has 0 amide bonds. The lowest BCUT2D eigenvalue weighted by molar-refractivity contribution is -0.105. The molecule has 0 aliphatic carbocycles. The maximum absolute atomic E-state index is 10.9. The minimum Gasteiger partial charge on any atom is -0.382 e. The van der Waals surface area contributed by atoms with Gasteiger partial charge in [0.25, 0.3) is 0 Å². The van der Waals surface area contributed by atoms with Gasteiger partial charge < -0.3 is 5.32 Å². The molecule has 0 atom stereocenters. The van der Waals surface area contributed by atoms with E-state index in [2.05, 4.69) is 31.8 Å². The molecule has 2 heteroatoms. The first-order valence-corrected chi connectivity index (χ1v) is 5.74. The fourth-order valence-electron chi connectivity index (χ4n) is 1.31. The van der Waals surface area contributed by atoms with Crippen molar-refractivity contribution < 1.29 is 4.79 Å². The molecule has 0 aliphatic rings. The number of rotatable bonds is 8. The highest BCUT2D eigenvalue weighted by atomic mass is 16.1. The van der Waals surface area contributed by atoms with Crippen molar-refractivity contribution in [2.24, 2.45) is 0 Å². The number of aldehydes is 1. The molecule has 16 heavy (non-hydrogen) atoms. The highest BCUT2D eigenvalue weighted by molar-refractivity contribution is 5.73. The Morgan fingerprint density at radius 3 is 2.44 bits per heavy atom. The lowest BCUT2D eigenvalue weighted by Crippen LogP contribution is -2.16. The molecule has 0 saturated carbocycles. The van der Waals surface area contributed by atoms with Crippen molar-refractivity contribution in [1.82, 2.24) is 5.32 Å². The number of nitrogens with one attached hydrogen (secondary N) is 1. The Balaban J connectivity index is 4.20. The highest BCUT2D eigenvalue weighted by Crippen LogP contribution is 2.09. The Labute approximate surface area is 99.1 Å². The van der Waals surface area contributed by atoms with E-state index in [9.17, 15) is 4.79 Å². The van der Waals surface area contributed by atoms with E-state index in [1.807, 2.05) is 13.0 Å². The normalized spacial score (nSPS) is 11.4. The van der Waals surface area contributed by atoms with Gasteiger partial charge in [-0.3, -0.25) is 4.79 Å². The van der Waals surface area contributed by atoms with Crippen LogP contribution in [0.4, 0.5) is 0 Å². The van der Waals surface area contributed by atoms with E-state index >= 15 is 0 Å². The minimum absolute atomic E-state index is 0.726. The number of carbonyl (C=O) groups is 1. The van der Waals surface area contributed by atoms with Crippen molar-refractivity contribution in [3.63, 3.8) is 0 Å². The van der Waals surface area contributed by atoms with Gasteiger partial charge in [-0.05, 0) is 45.6 Å². The second kappa shape index (κ2) is 8.96. The summed E-state index contributed by atoms with van der Waals surface area (Å²) in [6.45, 7) is 10.6. The quantitative estimate of drug-likeness (QED) is 0.295. The Hall–Kier alpha value is -1.31. The smallest absolute Gasteiger partial charge is 0.165 e. The average molecular weight is 221 g/mol. The van der Waals surface area contributed by atoms with Crippen molar-refractivity contribution in [3.05, 3.63) is 35.6 Å². The molecule has 0 aromatic rings. The van der Waals surface area contributed by atoms with Crippen molar-refractivity contribution >= 4 is 6.29 Å². The Kier molecular flexibility index (Phi) is 8.22. The van der Waals surface area contributed by atoms with Crippen LogP contribution in [0.25, 0.3) is 0 Å². The van der Waals surface area contributed by atoms with Gasteiger partial charge in [-0.15, -0.1) is 6.58 Å². The third-order valence-electron chi connectivity index (χ3n) is 2.31. The molecule has 0 fully saturated rings. The summed E-state index contributed by atoms with van der Waals surface area (Å²) in [6, 6.07) is 0. The third-order valence-corrected chi connectivity index (χ3v) is 2.31. The van der Waals surface area contributed by atoms with E-state index in [0.29, 0.717) is 0 Å². The van der Waals surface area contributed by atoms with Gasteiger partial charge in [0, 0.05) is 6.54 Å².